The lowest BCUT2D eigenvalue weighted by Crippen LogP contribution is -2.36. The molecule has 2 fully saturated rings. The van der Waals surface area contributed by atoms with Crippen molar-refractivity contribution in [3.05, 3.63) is 93.8 Å². The molecule has 5 rings (SSSR count). The first kappa shape index (κ1) is 28.2. The fraction of sp³-hybridized carbons (Fsp3) is 0.355. The van der Waals surface area contributed by atoms with Crippen molar-refractivity contribution in [2.24, 2.45) is 5.92 Å². The number of alkyl halides is 3. The number of aromatic nitrogens is 1. The average Bonchev–Trinajstić information content (AvgIpc) is 2.91. The van der Waals surface area contributed by atoms with E-state index < -0.39 is 17.7 Å². The predicted molar refractivity (Wildman–Crippen MR) is 149 cm³/mol. The van der Waals surface area contributed by atoms with Crippen LogP contribution in [0.15, 0.2) is 60.8 Å². The molecule has 0 bridgehead atoms. The lowest BCUT2D eigenvalue weighted by atomic mass is 9.74. The molecule has 2 heterocycles. The number of nitrogens with zero attached hydrogens (tertiary/aromatic N) is 2. The summed E-state index contributed by atoms with van der Waals surface area (Å²) in [7, 11) is 0. The minimum atomic E-state index is -4.54. The molecule has 1 aliphatic heterocycles. The number of aryl methyl sites for hydroxylation is 1. The molecule has 1 saturated heterocycles. The van der Waals surface area contributed by atoms with Crippen LogP contribution in [-0.2, 0) is 22.1 Å². The molecule has 210 valence electrons. The van der Waals surface area contributed by atoms with Crippen molar-refractivity contribution in [3.8, 4) is 0 Å². The third kappa shape index (κ3) is 6.34. The van der Waals surface area contributed by atoms with E-state index in [9.17, 15) is 18.0 Å². The lowest BCUT2D eigenvalue weighted by Gasteiger charge is -2.32. The first-order valence-electron chi connectivity index (χ1n) is 13.4. The van der Waals surface area contributed by atoms with Crippen molar-refractivity contribution >= 4 is 34.4 Å². The molecule has 0 amide bonds. The Morgan fingerprint density at radius 3 is 2.17 bits per heavy atom. The zero-order chi connectivity index (χ0) is 28.3. The van der Waals surface area contributed by atoms with Gasteiger partial charge in [0, 0.05) is 31.4 Å². The summed E-state index contributed by atoms with van der Waals surface area (Å²) in [6, 6.07) is 16.8. The van der Waals surface area contributed by atoms with Crippen LogP contribution >= 0.6 is 11.6 Å². The number of carbonyl (C=O) groups is 1. The van der Waals surface area contributed by atoms with Gasteiger partial charge in [0.15, 0.2) is 0 Å². The molecule has 1 saturated carbocycles. The van der Waals surface area contributed by atoms with Crippen molar-refractivity contribution in [2.75, 3.05) is 31.2 Å². The maximum Gasteiger partial charge on any atom is 0.417 e. The van der Waals surface area contributed by atoms with Gasteiger partial charge in [0.05, 0.1) is 29.5 Å². The molecule has 0 spiro atoms. The third-order valence-corrected chi connectivity index (χ3v) is 7.90. The molecule has 2 aliphatic rings. The number of hydrogen-bond donors (Lipinski definition) is 1. The largest absolute Gasteiger partial charge is 0.481 e. The Kier molecular flexibility index (Phi) is 8.47. The van der Waals surface area contributed by atoms with E-state index >= 15 is 0 Å². The molecule has 0 unspecified atom stereocenters. The Balaban J connectivity index is 1.64. The van der Waals surface area contributed by atoms with E-state index in [1.807, 2.05) is 36.4 Å². The minimum Gasteiger partial charge on any atom is -0.481 e. The highest BCUT2D eigenvalue weighted by Crippen LogP contribution is 2.47. The summed E-state index contributed by atoms with van der Waals surface area (Å²) in [4.78, 5) is 17.6. The van der Waals surface area contributed by atoms with Crippen molar-refractivity contribution in [1.29, 1.82) is 0 Å². The number of allylic oxidation sites excluding steroid dienone is 1. The van der Waals surface area contributed by atoms with Gasteiger partial charge in [-0.1, -0.05) is 54.4 Å². The normalized spacial score (nSPS) is 16.9. The first-order valence-corrected chi connectivity index (χ1v) is 13.8. The van der Waals surface area contributed by atoms with Gasteiger partial charge in [-0.25, -0.2) is 0 Å². The van der Waals surface area contributed by atoms with Crippen LogP contribution in [-0.4, -0.2) is 42.4 Å². The Morgan fingerprint density at radius 1 is 1.02 bits per heavy atom. The summed E-state index contributed by atoms with van der Waals surface area (Å²) >= 11 is 6.53. The number of pyridine rings is 1. The molecule has 2 aromatic carbocycles. The molecule has 9 heteroatoms. The van der Waals surface area contributed by atoms with Gasteiger partial charge < -0.3 is 14.7 Å². The van der Waals surface area contributed by atoms with Crippen molar-refractivity contribution in [3.63, 3.8) is 0 Å². The molecule has 3 aromatic rings. The van der Waals surface area contributed by atoms with Gasteiger partial charge in [0.1, 0.15) is 0 Å². The van der Waals surface area contributed by atoms with Gasteiger partial charge in [-0.2, -0.15) is 13.2 Å². The fourth-order valence-corrected chi connectivity index (χ4v) is 5.50. The number of benzene rings is 2. The maximum absolute atomic E-state index is 13.4. The minimum absolute atomic E-state index is 0.0303. The number of hydrogen-bond acceptors (Lipinski definition) is 4. The van der Waals surface area contributed by atoms with Crippen LogP contribution in [0.4, 0.5) is 18.9 Å². The molecule has 0 radical (unpaired) electrons. The summed E-state index contributed by atoms with van der Waals surface area (Å²) in [5.74, 6) is -0.761. The Morgan fingerprint density at radius 2 is 1.65 bits per heavy atom. The van der Waals surface area contributed by atoms with E-state index in [1.165, 1.54) is 0 Å². The van der Waals surface area contributed by atoms with Crippen LogP contribution in [0.25, 0.3) is 11.1 Å². The zero-order valence-corrected chi connectivity index (χ0v) is 22.6. The number of rotatable bonds is 8. The summed E-state index contributed by atoms with van der Waals surface area (Å²) in [5, 5.41) is 9.03. The van der Waals surface area contributed by atoms with E-state index in [0.717, 1.165) is 78.1 Å². The molecule has 1 aliphatic carbocycles. The van der Waals surface area contributed by atoms with Crippen molar-refractivity contribution < 1.29 is 27.8 Å². The molecule has 1 aromatic heterocycles. The SMILES string of the molecule is O=C(O)CCc1ccc(/C(=C(\c2ncc(C(F)(F)F)cc2Cl)C2CCC2)c2ccc(N3CCOCC3)cc2)cc1. The van der Waals surface area contributed by atoms with Gasteiger partial charge in [-0.05, 0) is 71.2 Å². The van der Waals surface area contributed by atoms with Crippen LogP contribution in [0.1, 0.15) is 53.6 Å². The number of carboxylic acid groups (broad SMARTS) is 1. The van der Waals surface area contributed by atoms with Gasteiger partial charge in [-0.15, -0.1) is 0 Å². The number of carboxylic acids is 1. The lowest BCUT2D eigenvalue weighted by molar-refractivity contribution is -0.138. The van der Waals surface area contributed by atoms with Crippen LogP contribution in [0.3, 0.4) is 0 Å². The fourth-order valence-electron chi connectivity index (χ4n) is 5.23. The molecule has 5 nitrogen and oxygen atoms in total. The van der Waals surface area contributed by atoms with Crippen LogP contribution in [0, 0.1) is 5.92 Å². The van der Waals surface area contributed by atoms with E-state index in [4.69, 9.17) is 21.4 Å². The van der Waals surface area contributed by atoms with Crippen molar-refractivity contribution in [2.45, 2.75) is 38.3 Å². The molecular formula is C31H30ClF3N2O3. The summed E-state index contributed by atoms with van der Waals surface area (Å²) in [6.07, 6.45) is -0.452. The number of halogens is 4. The number of morpholine rings is 1. The van der Waals surface area contributed by atoms with E-state index in [-0.39, 0.29) is 17.4 Å². The number of anilines is 1. The highest BCUT2D eigenvalue weighted by atomic mass is 35.5. The quantitative estimate of drug-likeness (QED) is 0.306. The van der Waals surface area contributed by atoms with Gasteiger partial charge in [0.2, 0.25) is 0 Å². The second-order valence-electron chi connectivity index (χ2n) is 10.2. The molecule has 1 N–H and O–H groups in total. The zero-order valence-electron chi connectivity index (χ0n) is 21.9. The maximum atomic E-state index is 13.4. The smallest absolute Gasteiger partial charge is 0.417 e. The second-order valence-corrected chi connectivity index (χ2v) is 10.6. The standard InChI is InChI=1S/C31H30ClF3N2O3/c32-26-18-24(31(33,34)35)19-36-30(26)29(21-2-1-3-21)28(22-7-4-20(5-8-22)6-13-27(38)39)23-9-11-25(12-10-23)37-14-16-40-17-15-37/h4-5,7-12,18-19,21H,1-3,6,13-17H2,(H,38,39)/b29-28+. The van der Waals surface area contributed by atoms with Gasteiger partial charge in [-0.3, -0.25) is 9.78 Å². The Bertz CT molecular complexity index is 1380. The molecular weight excluding hydrogens is 541 g/mol. The van der Waals surface area contributed by atoms with Gasteiger partial charge in [0.25, 0.3) is 0 Å². The third-order valence-electron chi connectivity index (χ3n) is 7.61. The highest BCUT2D eigenvalue weighted by Gasteiger charge is 2.34. The summed E-state index contributed by atoms with van der Waals surface area (Å²) in [6.45, 7) is 2.95. The highest BCUT2D eigenvalue weighted by molar-refractivity contribution is 6.32. The summed E-state index contributed by atoms with van der Waals surface area (Å²) < 4.78 is 45.7. The average molecular weight is 571 g/mol. The topological polar surface area (TPSA) is 62.7 Å². The van der Waals surface area contributed by atoms with E-state index in [0.29, 0.717) is 25.3 Å². The summed E-state index contributed by atoms with van der Waals surface area (Å²) in [5.41, 5.74) is 4.94. The van der Waals surface area contributed by atoms with Crippen molar-refractivity contribution in [1.82, 2.24) is 4.98 Å². The van der Waals surface area contributed by atoms with Crippen LogP contribution in [0.5, 0.6) is 0 Å². The number of ether oxygens (including phenoxy) is 1. The number of aliphatic carboxylic acids is 1. The molecule has 0 atom stereocenters. The van der Waals surface area contributed by atoms with Crippen LogP contribution < -0.4 is 4.90 Å². The molecule has 40 heavy (non-hydrogen) atoms. The van der Waals surface area contributed by atoms with E-state index in [1.54, 1.807) is 0 Å². The second kappa shape index (κ2) is 12.0. The van der Waals surface area contributed by atoms with Crippen LogP contribution in [0.2, 0.25) is 5.02 Å². The monoisotopic (exact) mass is 570 g/mol. The Labute approximate surface area is 236 Å². The predicted octanol–water partition coefficient (Wildman–Crippen LogP) is 7.37. The first-order chi connectivity index (χ1) is 19.2. The van der Waals surface area contributed by atoms with E-state index in [2.05, 4.69) is 22.0 Å². The Hall–Kier alpha value is -3.36. The van der Waals surface area contributed by atoms with Gasteiger partial charge >= 0.3 is 12.1 Å².